The van der Waals surface area contributed by atoms with E-state index in [1.165, 1.54) is 7.05 Å². The van der Waals surface area contributed by atoms with Crippen molar-refractivity contribution in [3.63, 3.8) is 0 Å². The quantitative estimate of drug-likeness (QED) is 0.361. The van der Waals surface area contributed by atoms with Gasteiger partial charge in [0.2, 0.25) is 0 Å². The maximum Gasteiger partial charge on any atom is 0.332 e. The van der Waals surface area contributed by atoms with Gasteiger partial charge < -0.3 is 5.11 Å². The smallest absolute Gasteiger partial charge is 0.332 e. The van der Waals surface area contributed by atoms with E-state index in [0.29, 0.717) is 31.5 Å². The number of aliphatic hydroxyl groups is 1. The molecule has 7 heteroatoms. The minimum atomic E-state index is -0.747. The molecule has 1 N–H and O–H groups in total. The topological polar surface area (TPSA) is 90.0 Å². The Balaban J connectivity index is 1.88. The molecular formula is C30H38N4O3. The number of benzene rings is 2. The van der Waals surface area contributed by atoms with Gasteiger partial charge in [-0.3, -0.25) is 13.9 Å². The molecule has 0 saturated heterocycles. The minimum absolute atomic E-state index is 0.198. The molecule has 2 heterocycles. The van der Waals surface area contributed by atoms with Crippen molar-refractivity contribution >= 4 is 21.9 Å². The zero-order chi connectivity index (χ0) is 26.9. The lowest BCUT2D eigenvalue weighted by Gasteiger charge is -2.22. The lowest BCUT2D eigenvalue weighted by Crippen LogP contribution is -2.40. The Kier molecular flexibility index (Phi) is 7.64. The second-order valence-electron chi connectivity index (χ2n) is 11.4. The summed E-state index contributed by atoms with van der Waals surface area (Å²) in [4.78, 5) is 36.0. The lowest BCUT2D eigenvalue weighted by atomic mass is 9.90. The van der Waals surface area contributed by atoms with Crippen LogP contribution in [0.15, 0.2) is 52.1 Å². The second-order valence-corrected chi connectivity index (χ2v) is 11.4. The molecular weight excluding hydrogens is 464 g/mol. The van der Waals surface area contributed by atoms with Gasteiger partial charge in [0.05, 0.1) is 17.0 Å². The van der Waals surface area contributed by atoms with Crippen molar-refractivity contribution in [1.29, 1.82) is 0 Å². The molecule has 37 heavy (non-hydrogen) atoms. The van der Waals surface area contributed by atoms with E-state index in [2.05, 4.69) is 31.2 Å². The standard InChI is InChI=1S/C30H38N4O3/c1-19(2)18-34-27-26(28(35)33(6)29(34)36)31-24(15-14-20(3)17-30(4,5)37)25(32-27)16-22-12-9-11-21-10-7-8-13-23(21)22/h7-13,19-20,37H,14-18H2,1-6H3. The van der Waals surface area contributed by atoms with Crippen LogP contribution < -0.4 is 11.2 Å². The van der Waals surface area contributed by atoms with Crippen LogP contribution in [0.25, 0.3) is 21.9 Å². The molecule has 4 aromatic rings. The van der Waals surface area contributed by atoms with Crippen molar-refractivity contribution < 1.29 is 5.11 Å². The molecule has 7 nitrogen and oxygen atoms in total. The van der Waals surface area contributed by atoms with Gasteiger partial charge in [-0.15, -0.1) is 0 Å². The average Bonchev–Trinajstić information content (AvgIpc) is 2.83. The number of hydrogen-bond acceptors (Lipinski definition) is 5. The van der Waals surface area contributed by atoms with Crippen LogP contribution in [0, 0.1) is 11.8 Å². The Bertz CT molecular complexity index is 1540. The van der Waals surface area contributed by atoms with Gasteiger partial charge in [0.25, 0.3) is 5.56 Å². The molecule has 0 aliphatic rings. The van der Waals surface area contributed by atoms with E-state index in [-0.39, 0.29) is 23.0 Å². The van der Waals surface area contributed by atoms with E-state index in [9.17, 15) is 14.7 Å². The monoisotopic (exact) mass is 502 g/mol. The number of fused-ring (bicyclic) bond motifs is 2. The molecule has 0 fully saturated rings. The third-order valence-electron chi connectivity index (χ3n) is 6.82. The van der Waals surface area contributed by atoms with Gasteiger partial charge in [-0.2, -0.15) is 0 Å². The van der Waals surface area contributed by atoms with Crippen molar-refractivity contribution in [3.05, 3.63) is 80.3 Å². The molecule has 1 unspecified atom stereocenters. The largest absolute Gasteiger partial charge is 0.390 e. The molecule has 0 spiro atoms. The lowest BCUT2D eigenvalue weighted by molar-refractivity contribution is 0.0540. The highest BCUT2D eigenvalue weighted by molar-refractivity contribution is 5.86. The Morgan fingerprint density at radius 1 is 0.973 bits per heavy atom. The second kappa shape index (κ2) is 10.6. The summed E-state index contributed by atoms with van der Waals surface area (Å²) < 4.78 is 2.71. The van der Waals surface area contributed by atoms with Crippen molar-refractivity contribution in [2.75, 3.05) is 0 Å². The first-order valence-electron chi connectivity index (χ1n) is 13.1. The number of rotatable bonds is 9. The predicted octanol–water partition coefficient (Wildman–Crippen LogP) is 4.62. The summed E-state index contributed by atoms with van der Waals surface area (Å²) in [5.74, 6) is 0.463. The van der Waals surface area contributed by atoms with Gasteiger partial charge in [0.15, 0.2) is 11.2 Å². The van der Waals surface area contributed by atoms with Crippen molar-refractivity contribution in [2.45, 2.75) is 72.4 Å². The summed E-state index contributed by atoms with van der Waals surface area (Å²) in [5, 5.41) is 12.6. The number of hydrogen-bond donors (Lipinski definition) is 1. The Morgan fingerprint density at radius 2 is 1.68 bits per heavy atom. The fourth-order valence-corrected chi connectivity index (χ4v) is 5.18. The van der Waals surface area contributed by atoms with Crippen LogP contribution in [0.4, 0.5) is 0 Å². The maximum absolute atomic E-state index is 13.1. The van der Waals surface area contributed by atoms with E-state index in [1.54, 1.807) is 4.57 Å². The Labute approximate surface area is 217 Å². The third-order valence-corrected chi connectivity index (χ3v) is 6.82. The third kappa shape index (κ3) is 5.99. The molecule has 2 aromatic heterocycles. The molecule has 0 aliphatic carbocycles. The highest BCUT2D eigenvalue weighted by Crippen LogP contribution is 2.25. The molecule has 2 aromatic carbocycles. The van der Waals surface area contributed by atoms with Crippen LogP contribution in [-0.2, 0) is 26.4 Å². The Hall–Kier alpha value is -3.32. The van der Waals surface area contributed by atoms with E-state index < -0.39 is 11.2 Å². The van der Waals surface area contributed by atoms with Crippen molar-refractivity contribution in [2.24, 2.45) is 18.9 Å². The van der Waals surface area contributed by atoms with Crippen LogP contribution in [-0.4, -0.2) is 29.8 Å². The van der Waals surface area contributed by atoms with Crippen LogP contribution in [0.1, 0.15) is 64.4 Å². The number of aryl methyl sites for hydroxylation is 1. The van der Waals surface area contributed by atoms with Crippen LogP contribution in [0.5, 0.6) is 0 Å². The molecule has 0 bridgehead atoms. The van der Waals surface area contributed by atoms with E-state index in [1.807, 2.05) is 45.9 Å². The molecule has 4 rings (SSSR count). The summed E-state index contributed by atoms with van der Waals surface area (Å²) in [5.41, 5.74) is 1.72. The fraction of sp³-hybridized carbons (Fsp3) is 0.467. The van der Waals surface area contributed by atoms with Gasteiger partial charge in [0.1, 0.15) is 0 Å². The van der Waals surface area contributed by atoms with Crippen molar-refractivity contribution in [1.82, 2.24) is 19.1 Å². The summed E-state index contributed by atoms with van der Waals surface area (Å²) in [6.45, 7) is 10.3. The van der Waals surface area contributed by atoms with Gasteiger partial charge in [-0.05, 0) is 61.3 Å². The van der Waals surface area contributed by atoms with Gasteiger partial charge in [-0.1, -0.05) is 63.2 Å². The van der Waals surface area contributed by atoms with Crippen molar-refractivity contribution in [3.8, 4) is 0 Å². The summed E-state index contributed by atoms with van der Waals surface area (Å²) >= 11 is 0. The molecule has 1 atom stereocenters. The van der Waals surface area contributed by atoms with Crippen LogP contribution in [0.2, 0.25) is 0 Å². The first kappa shape index (κ1) is 26.7. The number of nitrogens with zero attached hydrogens (tertiary/aromatic N) is 4. The van der Waals surface area contributed by atoms with E-state index in [0.717, 1.165) is 38.7 Å². The highest BCUT2D eigenvalue weighted by Gasteiger charge is 2.21. The van der Waals surface area contributed by atoms with Gasteiger partial charge >= 0.3 is 5.69 Å². The molecule has 0 saturated carbocycles. The summed E-state index contributed by atoms with van der Waals surface area (Å²) in [6, 6.07) is 14.5. The zero-order valence-electron chi connectivity index (χ0n) is 22.8. The Morgan fingerprint density at radius 3 is 2.38 bits per heavy atom. The normalized spacial score (nSPS) is 13.1. The van der Waals surface area contributed by atoms with Gasteiger partial charge in [-0.25, -0.2) is 14.8 Å². The molecule has 0 aliphatic heterocycles. The van der Waals surface area contributed by atoms with Gasteiger partial charge in [0, 0.05) is 20.0 Å². The van der Waals surface area contributed by atoms with E-state index in [4.69, 9.17) is 9.97 Å². The maximum atomic E-state index is 13.1. The zero-order valence-corrected chi connectivity index (χ0v) is 22.8. The number of aromatic nitrogens is 4. The minimum Gasteiger partial charge on any atom is -0.390 e. The molecule has 196 valence electrons. The first-order valence-corrected chi connectivity index (χ1v) is 13.1. The SMILES string of the molecule is CC(C)Cn1c(=O)n(C)c(=O)c2nc(CCC(C)CC(C)(C)O)c(Cc3cccc4ccccc34)nc21. The highest BCUT2D eigenvalue weighted by atomic mass is 16.3. The van der Waals surface area contributed by atoms with Crippen LogP contribution >= 0.6 is 0 Å². The summed E-state index contributed by atoms with van der Waals surface area (Å²) in [6.07, 6.45) is 2.65. The first-order chi connectivity index (χ1) is 17.4. The van der Waals surface area contributed by atoms with E-state index >= 15 is 0 Å². The molecule has 0 radical (unpaired) electrons. The average molecular weight is 503 g/mol. The fourth-order valence-electron chi connectivity index (χ4n) is 5.18. The van der Waals surface area contributed by atoms with Crippen LogP contribution in [0.3, 0.4) is 0 Å². The summed E-state index contributed by atoms with van der Waals surface area (Å²) in [7, 11) is 1.50. The predicted molar refractivity (Wildman–Crippen MR) is 149 cm³/mol. The molecule has 0 amide bonds.